The first-order chi connectivity index (χ1) is 8.10. The third-order valence-electron chi connectivity index (χ3n) is 2.11. The third-order valence-corrected chi connectivity index (χ3v) is 2.11. The zero-order valence-electron chi connectivity index (χ0n) is 11.9. The summed E-state index contributed by atoms with van der Waals surface area (Å²) in [5.74, 6) is 1.32. The van der Waals surface area contributed by atoms with Gasteiger partial charge in [0.05, 0.1) is 0 Å². The number of amides is 1. The van der Waals surface area contributed by atoms with Crippen LogP contribution in [0.25, 0.3) is 0 Å². The molecule has 0 fully saturated rings. The Labute approximate surface area is 128 Å². The van der Waals surface area contributed by atoms with Crippen molar-refractivity contribution in [3.63, 3.8) is 0 Å². The molecule has 0 aliphatic rings. The second-order valence-electron chi connectivity index (χ2n) is 4.26. The van der Waals surface area contributed by atoms with Gasteiger partial charge in [-0.25, -0.2) is 4.99 Å². The van der Waals surface area contributed by atoms with Crippen LogP contribution in [0.5, 0.6) is 0 Å². The van der Waals surface area contributed by atoms with E-state index >= 15 is 0 Å². The highest BCUT2D eigenvalue weighted by molar-refractivity contribution is 14.0. The van der Waals surface area contributed by atoms with Crippen LogP contribution in [0, 0.1) is 5.92 Å². The van der Waals surface area contributed by atoms with Gasteiger partial charge in [0.1, 0.15) is 6.54 Å². The number of carbonyl (C=O) groups is 1. The topological polar surface area (TPSA) is 65.5 Å². The quantitative estimate of drug-likeness (QED) is 0.360. The fourth-order valence-electron chi connectivity index (χ4n) is 1.22. The molecular formula is C12H27IN4O. The Morgan fingerprint density at radius 3 is 2.22 bits per heavy atom. The average molecular weight is 370 g/mol. The molecule has 0 bridgehead atoms. The molecule has 0 aliphatic carbocycles. The molecule has 18 heavy (non-hydrogen) atoms. The summed E-state index contributed by atoms with van der Waals surface area (Å²) in [6.45, 7) is 10.7. The SMILES string of the molecule is CCNC(=O)CN=C(NCC)NCCC(C)C.I. The number of guanidine groups is 1. The summed E-state index contributed by atoms with van der Waals surface area (Å²) in [5, 5.41) is 9.04. The van der Waals surface area contributed by atoms with Crippen LogP contribution in [0.2, 0.25) is 0 Å². The summed E-state index contributed by atoms with van der Waals surface area (Å²) in [7, 11) is 0. The highest BCUT2D eigenvalue weighted by Gasteiger charge is 2.01. The molecule has 0 saturated carbocycles. The molecule has 0 unspecified atom stereocenters. The van der Waals surface area contributed by atoms with E-state index in [1.807, 2.05) is 13.8 Å². The van der Waals surface area contributed by atoms with Crippen molar-refractivity contribution in [3.8, 4) is 0 Å². The third kappa shape index (κ3) is 11.9. The van der Waals surface area contributed by atoms with Gasteiger partial charge >= 0.3 is 0 Å². The molecule has 0 rings (SSSR count). The maximum Gasteiger partial charge on any atom is 0.241 e. The van der Waals surface area contributed by atoms with Gasteiger partial charge in [-0.1, -0.05) is 13.8 Å². The molecule has 0 radical (unpaired) electrons. The van der Waals surface area contributed by atoms with E-state index < -0.39 is 0 Å². The molecule has 0 spiro atoms. The van der Waals surface area contributed by atoms with Crippen molar-refractivity contribution in [2.45, 2.75) is 34.1 Å². The zero-order valence-corrected chi connectivity index (χ0v) is 14.2. The fraction of sp³-hybridized carbons (Fsp3) is 0.833. The molecule has 0 saturated heterocycles. The Kier molecular flexibility index (Phi) is 14.2. The molecule has 0 heterocycles. The second kappa shape index (κ2) is 12.9. The van der Waals surface area contributed by atoms with Crippen LogP contribution in [-0.2, 0) is 4.79 Å². The maximum atomic E-state index is 11.3. The number of carbonyl (C=O) groups excluding carboxylic acids is 1. The number of aliphatic imine (C=N–C) groups is 1. The molecule has 108 valence electrons. The van der Waals surface area contributed by atoms with Gasteiger partial charge in [0.2, 0.25) is 5.91 Å². The molecular weight excluding hydrogens is 343 g/mol. The van der Waals surface area contributed by atoms with Crippen LogP contribution in [0.1, 0.15) is 34.1 Å². The largest absolute Gasteiger partial charge is 0.357 e. The number of hydrogen-bond acceptors (Lipinski definition) is 2. The Morgan fingerprint density at radius 1 is 1.11 bits per heavy atom. The monoisotopic (exact) mass is 370 g/mol. The highest BCUT2D eigenvalue weighted by atomic mass is 127. The van der Waals surface area contributed by atoms with Crippen LogP contribution >= 0.6 is 24.0 Å². The summed E-state index contributed by atoms with van der Waals surface area (Å²) in [6.07, 6.45) is 1.09. The van der Waals surface area contributed by atoms with E-state index in [1.54, 1.807) is 0 Å². The average Bonchev–Trinajstić information content (AvgIpc) is 2.26. The van der Waals surface area contributed by atoms with E-state index in [0.717, 1.165) is 19.5 Å². The predicted molar refractivity (Wildman–Crippen MR) is 87.5 cm³/mol. The lowest BCUT2D eigenvalue weighted by atomic mass is 10.1. The Morgan fingerprint density at radius 2 is 1.72 bits per heavy atom. The van der Waals surface area contributed by atoms with Crippen molar-refractivity contribution in [3.05, 3.63) is 0 Å². The number of rotatable bonds is 7. The minimum atomic E-state index is -0.0476. The predicted octanol–water partition coefficient (Wildman–Crippen LogP) is 1.34. The van der Waals surface area contributed by atoms with Crippen molar-refractivity contribution in [2.24, 2.45) is 10.9 Å². The van der Waals surface area contributed by atoms with Gasteiger partial charge in [0.25, 0.3) is 0 Å². The lowest BCUT2D eigenvalue weighted by Crippen LogP contribution is -2.39. The Hall–Kier alpha value is -0.530. The minimum Gasteiger partial charge on any atom is -0.357 e. The van der Waals surface area contributed by atoms with Crippen molar-refractivity contribution in [2.75, 3.05) is 26.2 Å². The fourth-order valence-corrected chi connectivity index (χ4v) is 1.22. The summed E-state index contributed by atoms with van der Waals surface area (Å²) in [6, 6.07) is 0. The molecule has 0 aromatic rings. The maximum absolute atomic E-state index is 11.3. The number of likely N-dealkylation sites (N-methyl/N-ethyl adjacent to an activating group) is 1. The summed E-state index contributed by atoms with van der Waals surface area (Å²) < 4.78 is 0. The Bertz CT molecular complexity index is 244. The standard InChI is InChI=1S/C12H26N4O.HI/c1-5-13-11(17)9-16-12(14-6-2)15-8-7-10(3)4;/h10H,5-9H2,1-4H3,(H,13,17)(H2,14,15,16);1H. The molecule has 6 heteroatoms. The van der Waals surface area contributed by atoms with E-state index in [9.17, 15) is 4.79 Å². The highest BCUT2D eigenvalue weighted by Crippen LogP contribution is 1.95. The molecule has 0 aromatic carbocycles. The number of nitrogens with one attached hydrogen (secondary N) is 3. The Balaban J connectivity index is 0. The molecule has 0 atom stereocenters. The lowest BCUT2D eigenvalue weighted by Gasteiger charge is -2.12. The van der Waals surface area contributed by atoms with E-state index in [2.05, 4.69) is 34.8 Å². The van der Waals surface area contributed by atoms with Gasteiger partial charge in [-0.3, -0.25) is 4.79 Å². The van der Waals surface area contributed by atoms with Crippen LogP contribution in [0.4, 0.5) is 0 Å². The van der Waals surface area contributed by atoms with Gasteiger partial charge in [-0.2, -0.15) is 0 Å². The first-order valence-corrected chi connectivity index (χ1v) is 6.39. The summed E-state index contributed by atoms with van der Waals surface area (Å²) in [4.78, 5) is 15.5. The van der Waals surface area contributed by atoms with E-state index in [-0.39, 0.29) is 36.4 Å². The molecule has 3 N–H and O–H groups in total. The van der Waals surface area contributed by atoms with Crippen molar-refractivity contribution >= 4 is 35.8 Å². The van der Waals surface area contributed by atoms with E-state index in [1.165, 1.54) is 0 Å². The van der Waals surface area contributed by atoms with Gasteiger partial charge < -0.3 is 16.0 Å². The summed E-state index contributed by atoms with van der Waals surface area (Å²) >= 11 is 0. The van der Waals surface area contributed by atoms with Crippen LogP contribution in [0.3, 0.4) is 0 Å². The lowest BCUT2D eigenvalue weighted by molar-refractivity contribution is -0.119. The van der Waals surface area contributed by atoms with E-state index in [4.69, 9.17) is 0 Å². The number of hydrogen-bond donors (Lipinski definition) is 3. The normalized spacial score (nSPS) is 10.8. The van der Waals surface area contributed by atoms with Gasteiger partial charge in [0, 0.05) is 19.6 Å². The van der Waals surface area contributed by atoms with Gasteiger partial charge in [-0.15, -0.1) is 24.0 Å². The minimum absolute atomic E-state index is 0. The second-order valence-corrected chi connectivity index (χ2v) is 4.26. The smallest absolute Gasteiger partial charge is 0.241 e. The first-order valence-electron chi connectivity index (χ1n) is 6.39. The molecule has 0 aromatic heterocycles. The first kappa shape index (κ1) is 19.8. The van der Waals surface area contributed by atoms with Crippen LogP contribution in [-0.4, -0.2) is 38.0 Å². The molecule has 0 aliphatic heterocycles. The van der Waals surface area contributed by atoms with Gasteiger partial charge in [0.15, 0.2) is 5.96 Å². The summed E-state index contributed by atoms with van der Waals surface area (Å²) in [5.41, 5.74) is 0. The number of nitrogens with zero attached hydrogens (tertiary/aromatic N) is 1. The number of halogens is 1. The van der Waals surface area contributed by atoms with Crippen molar-refractivity contribution in [1.29, 1.82) is 0 Å². The van der Waals surface area contributed by atoms with Crippen LogP contribution < -0.4 is 16.0 Å². The van der Waals surface area contributed by atoms with Crippen molar-refractivity contribution < 1.29 is 4.79 Å². The van der Waals surface area contributed by atoms with E-state index in [0.29, 0.717) is 18.4 Å². The van der Waals surface area contributed by atoms with Gasteiger partial charge in [-0.05, 0) is 26.2 Å². The van der Waals surface area contributed by atoms with Crippen LogP contribution in [0.15, 0.2) is 4.99 Å². The molecule has 5 nitrogen and oxygen atoms in total. The van der Waals surface area contributed by atoms with Crippen molar-refractivity contribution in [1.82, 2.24) is 16.0 Å². The molecule has 1 amide bonds. The zero-order chi connectivity index (χ0) is 13.1.